The molecule has 3 aromatic rings. The van der Waals surface area contributed by atoms with E-state index < -0.39 is 10.0 Å². The molecular formula is C24H26N4O4S. The van der Waals surface area contributed by atoms with Crippen LogP contribution in [0.3, 0.4) is 0 Å². The summed E-state index contributed by atoms with van der Waals surface area (Å²) < 4.78 is 22.9. The predicted octanol–water partition coefficient (Wildman–Crippen LogP) is 2.12. The van der Waals surface area contributed by atoms with Crippen molar-refractivity contribution in [3.05, 3.63) is 65.9 Å². The largest absolute Gasteiger partial charge is 0.361 e. The van der Waals surface area contributed by atoms with E-state index in [1.807, 2.05) is 35.4 Å². The fourth-order valence-electron chi connectivity index (χ4n) is 5.11. The molecule has 3 heterocycles. The number of sulfonamides is 1. The van der Waals surface area contributed by atoms with Crippen molar-refractivity contribution in [2.45, 2.75) is 24.2 Å². The molecule has 0 radical (unpaired) electrons. The number of primary sulfonamides is 1. The molecule has 9 heteroatoms. The summed E-state index contributed by atoms with van der Waals surface area (Å²) in [4.78, 5) is 32.9. The Morgan fingerprint density at radius 1 is 0.970 bits per heavy atom. The van der Waals surface area contributed by atoms with Gasteiger partial charge in [-0.15, -0.1) is 0 Å². The lowest BCUT2D eigenvalue weighted by molar-refractivity contribution is -0.129. The average molecular weight is 467 g/mol. The summed E-state index contributed by atoms with van der Waals surface area (Å²) in [6.07, 6.45) is 4.00. The topological polar surface area (TPSA) is 117 Å². The average Bonchev–Trinajstić information content (AvgIpc) is 3.53. The van der Waals surface area contributed by atoms with Crippen LogP contribution in [0.2, 0.25) is 0 Å². The molecule has 2 aliphatic heterocycles. The molecule has 1 unspecified atom stereocenters. The molecule has 3 N–H and O–H groups in total. The van der Waals surface area contributed by atoms with Crippen LogP contribution < -0.4 is 5.14 Å². The summed E-state index contributed by atoms with van der Waals surface area (Å²) >= 11 is 0. The summed E-state index contributed by atoms with van der Waals surface area (Å²) in [7, 11) is -3.79. The van der Waals surface area contributed by atoms with E-state index in [1.54, 1.807) is 4.90 Å². The molecule has 0 aliphatic carbocycles. The van der Waals surface area contributed by atoms with Crippen LogP contribution in [-0.2, 0) is 21.2 Å². The van der Waals surface area contributed by atoms with Crippen molar-refractivity contribution in [2.75, 3.05) is 26.2 Å². The number of aromatic nitrogens is 1. The number of hydrogen-bond donors (Lipinski definition) is 2. The third kappa shape index (κ3) is 4.14. The number of amides is 2. The van der Waals surface area contributed by atoms with Gasteiger partial charge in [-0.05, 0) is 48.7 Å². The second-order valence-electron chi connectivity index (χ2n) is 9.15. The minimum absolute atomic E-state index is 0.0166. The van der Waals surface area contributed by atoms with Gasteiger partial charge in [-0.1, -0.05) is 18.2 Å². The fraction of sp³-hybridized carbons (Fsp3) is 0.333. The standard InChI is InChI=1S/C24H26N4O4S/c25-33(31,32)19-7-5-17(6-8-19)23(30)28-12-10-24(16-28)9-11-27(15-24)22(29)13-18-14-26-21-4-2-1-3-20(18)21/h1-8,14,26H,9-13,15-16H2,(H2,25,31,32). The number of rotatable bonds is 4. The maximum atomic E-state index is 13.0. The lowest BCUT2D eigenvalue weighted by atomic mass is 9.86. The molecule has 1 spiro atoms. The highest BCUT2D eigenvalue weighted by Crippen LogP contribution is 2.40. The summed E-state index contributed by atoms with van der Waals surface area (Å²) in [5.74, 6) is -0.0172. The zero-order valence-corrected chi connectivity index (χ0v) is 19.0. The second-order valence-corrected chi connectivity index (χ2v) is 10.7. The molecule has 2 aliphatic rings. The number of likely N-dealkylation sites (tertiary alicyclic amines) is 2. The number of hydrogen-bond acceptors (Lipinski definition) is 4. The van der Waals surface area contributed by atoms with Crippen LogP contribution in [0.4, 0.5) is 0 Å². The Bertz CT molecular complexity index is 1330. The Morgan fingerprint density at radius 2 is 1.64 bits per heavy atom. The maximum Gasteiger partial charge on any atom is 0.253 e. The van der Waals surface area contributed by atoms with Crippen LogP contribution in [0.25, 0.3) is 10.9 Å². The molecular weight excluding hydrogens is 440 g/mol. The van der Waals surface area contributed by atoms with Gasteiger partial charge in [0.25, 0.3) is 5.91 Å². The zero-order chi connectivity index (χ0) is 23.2. The second kappa shape index (κ2) is 8.00. The molecule has 8 nitrogen and oxygen atoms in total. The fourth-order valence-corrected chi connectivity index (χ4v) is 5.63. The number of H-pyrrole nitrogens is 1. The molecule has 172 valence electrons. The third-order valence-electron chi connectivity index (χ3n) is 6.96. The van der Waals surface area contributed by atoms with E-state index in [4.69, 9.17) is 5.14 Å². The van der Waals surface area contributed by atoms with E-state index in [1.165, 1.54) is 24.3 Å². The number of nitrogens with one attached hydrogen (secondary N) is 1. The van der Waals surface area contributed by atoms with Gasteiger partial charge in [-0.3, -0.25) is 9.59 Å². The number of para-hydroxylation sites is 1. The smallest absolute Gasteiger partial charge is 0.253 e. The maximum absolute atomic E-state index is 13.0. The van der Waals surface area contributed by atoms with Gasteiger partial charge in [0.05, 0.1) is 11.3 Å². The quantitative estimate of drug-likeness (QED) is 0.613. The Balaban J connectivity index is 1.23. The lowest BCUT2D eigenvalue weighted by Gasteiger charge is -2.25. The Kier molecular flexibility index (Phi) is 5.25. The van der Waals surface area contributed by atoms with Crippen LogP contribution in [-0.4, -0.2) is 61.2 Å². The highest BCUT2D eigenvalue weighted by Gasteiger charge is 2.45. The first-order chi connectivity index (χ1) is 15.7. The summed E-state index contributed by atoms with van der Waals surface area (Å²) in [5, 5.41) is 6.21. The number of nitrogens with zero attached hydrogens (tertiary/aromatic N) is 2. The molecule has 1 atom stereocenters. The first-order valence-electron chi connectivity index (χ1n) is 11.0. The van der Waals surface area contributed by atoms with E-state index in [2.05, 4.69) is 4.98 Å². The highest BCUT2D eigenvalue weighted by molar-refractivity contribution is 7.89. The van der Waals surface area contributed by atoms with Crippen molar-refractivity contribution in [3.8, 4) is 0 Å². The molecule has 0 saturated carbocycles. The van der Waals surface area contributed by atoms with E-state index in [0.717, 1.165) is 29.3 Å². The number of aromatic amines is 1. The van der Waals surface area contributed by atoms with Crippen molar-refractivity contribution in [1.82, 2.24) is 14.8 Å². The van der Waals surface area contributed by atoms with E-state index in [-0.39, 0.29) is 22.1 Å². The first-order valence-corrected chi connectivity index (χ1v) is 12.5. The first kappa shape index (κ1) is 21.7. The number of benzene rings is 2. The predicted molar refractivity (Wildman–Crippen MR) is 124 cm³/mol. The normalized spacial score (nSPS) is 20.8. The van der Waals surface area contributed by atoms with Crippen molar-refractivity contribution >= 4 is 32.7 Å². The van der Waals surface area contributed by atoms with Gasteiger partial charge < -0.3 is 14.8 Å². The van der Waals surface area contributed by atoms with Crippen LogP contribution in [0, 0.1) is 5.41 Å². The molecule has 2 amide bonds. The molecule has 5 rings (SSSR count). The molecule has 2 aromatic carbocycles. The van der Waals surface area contributed by atoms with Gasteiger partial charge >= 0.3 is 0 Å². The Hall–Kier alpha value is -3.17. The van der Waals surface area contributed by atoms with Crippen molar-refractivity contribution in [2.24, 2.45) is 10.6 Å². The van der Waals surface area contributed by atoms with Gasteiger partial charge in [-0.25, -0.2) is 13.6 Å². The minimum Gasteiger partial charge on any atom is -0.361 e. The van der Waals surface area contributed by atoms with Crippen molar-refractivity contribution in [3.63, 3.8) is 0 Å². The Labute approximate surface area is 192 Å². The van der Waals surface area contributed by atoms with Crippen molar-refractivity contribution in [1.29, 1.82) is 0 Å². The molecule has 33 heavy (non-hydrogen) atoms. The van der Waals surface area contributed by atoms with Crippen LogP contribution >= 0.6 is 0 Å². The van der Waals surface area contributed by atoms with E-state index in [9.17, 15) is 18.0 Å². The van der Waals surface area contributed by atoms with Gasteiger partial charge in [-0.2, -0.15) is 0 Å². The minimum atomic E-state index is -3.79. The molecule has 2 fully saturated rings. The van der Waals surface area contributed by atoms with Gasteiger partial charge in [0.15, 0.2) is 0 Å². The van der Waals surface area contributed by atoms with E-state index >= 15 is 0 Å². The molecule has 0 bridgehead atoms. The SMILES string of the molecule is NS(=O)(=O)c1ccc(C(=O)N2CCC3(CCN(C(=O)Cc4c[nH]c5ccccc45)C3)C2)cc1. The number of carbonyl (C=O) groups excluding carboxylic acids is 2. The number of carbonyl (C=O) groups is 2. The summed E-state index contributed by atoms with van der Waals surface area (Å²) in [6.45, 7) is 2.58. The summed E-state index contributed by atoms with van der Waals surface area (Å²) in [6, 6.07) is 13.7. The van der Waals surface area contributed by atoms with Gasteiger partial charge in [0.1, 0.15) is 0 Å². The van der Waals surface area contributed by atoms with Crippen LogP contribution in [0.1, 0.15) is 28.8 Å². The Morgan fingerprint density at radius 3 is 2.36 bits per heavy atom. The highest BCUT2D eigenvalue weighted by atomic mass is 32.2. The monoisotopic (exact) mass is 466 g/mol. The van der Waals surface area contributed by atoms with Gasteiger partial charge in [0.2, 0.25) is 15.9 Å². The van der Waals surface area contributed by atoms with Gasteiger partial charge in [0, 0.05) is 54.3 Å². The zero-order valence-electron chi connectivity index (χ0n) is 18.2. The summed E-state index contributed by atoms with van der Waals surface area (Å²) in [5.41, 5.74) is 2.39. The number of nitrogens with two attached hydrogens (primary N) is 1. The number of fused-ring (bicyclic) bond motifs is 1. The molecule has 2 saturated heterocycles. The third-order valence-corrected chi connectivity index (χ3v) is 7.89. The lowest BCUT2D eigenvalue weighted by Crippen LogP contribution is -2.36. The molecule has 1 aromatic heterocycles. The van der Waals surface area contributed by atoms with Crippen LogP contribution in [0.15, 0.2) is 59.6 Å². The van der Waals surface area contributed by atoms with E-state index in [0.29, 0.717) is 38.2 Å². The van der Waals surface area contributed by atoms with Crippen molar-refractivity contribution < 1.29 is 18.0 Å². The van der Waals surface area contributed by atoms with Crippen LogP contribution in [0.5, 0.6) is 0 Å².